The van der Waals surface area contributed by atoms with Gasteiger partial charge in [-0.25, -0.2) is 0 Å². The standard InChI is InChI=1S/C12H26NO/c1-9(2)13(4,5)11-8-10(3)6-7-12(11)14/h9-12,14H,6-8H2,1-5H3/q+1. The molecule has 14 heavy (non-hydrogen) atoms. The Morgan fingerprint density at radius 1 is 1.21 bits per heavy atom. The SMILES string of the molecule is CC1CCC(O)C([N+](C)(C)C(C)C)C1. The van der Waals surface area contributed by atoms with Crippen molar-refractivity contribution in [2.24, 2.45) is 5.92 Å². The van der Waals surface area contributed by atoms with E-state index in [-0.39, 0.29) is 6.10 Å². The first kappa shape index (κ1) is 12.0. The van der Waals surface area contributed by atoms with Crippen LogP contribution in [-0.2, 0) is 0 Å². The number of aliphatic hydroxyl groups excluding tert-OH is 1. The highest BCUT2D eigenvalue weighted by Gasteiger charge is 2.40. The minimum Gasteiger partial charge on any atom is -0.387 e. The summed E-state index contributed by atoms with van der Waals surface area (Å²) in [4.78, 5) is 0. The average molecular weight is 200 g/mol. The normalized spacial score (nSPS) is 34.9. The van der Waals surface area contributed by atoms with Gasteiger partial charge in [-0.05, 0) is 32.6 Å². The van der Waals surface area contributed by atoms with E-state index in [1.165, 1.54) is 12.8 Å². The van der Waals surface area contributed by atoms with Crippen LogP contribution in [0.15, 0.2) is 0 Å². The minimum absolute atomic E-state index is 0.0939. The second kappa shape index (κ2) is 4.19. The molecule has 0 spiro atoms. The van der Waals surface area contributed by atoms with E-state index < -0.39 is 0 Å². The summed E-state index contributed by atoms with van der Waals surface area (Å²) in [5, 5.41) is 10.1. The summed E-state index contributed by atoms with van der Waals surface area (Å²) in [5.41, 5.74) is 0. The molecule has 0 amide bonds. The van der Waals surface area contributed by atoms with E-state index >= 15 is 0 Å². The molecule has 0 bridgehead atoms. The summed E-state index contributed by atoms with van der Waals surface area (Å²) in [7, 11) is 4.49. The van der Waals surface area contributed by atoms with Crippen molar-refractivity contribution in [2.45, 2.75) is 58.2 Å². The maximum atomic E-state index is 10.1. The van der Waals surface area contributed by atoms with Crippen LogP contribution in [0.1, 0.15) is 40.0 Å². The van der Waals surface area contributed by atoms with Crippen LogP contribution >= 0.6 is 0 Å². The Balaban J connectivity index is 2.73. The third kappa shape index (κ3) is 2.29. The van der Waals surface area contributed by atoms with Gasteiger partial charge in [0.1, 0.15) is 12.1 Å². The Morgan fingerprint density at radius 2 is 1.79 bits per heavy atom. The number of hydrogen-bond acceptors (Lipinski definition) is 1. The molecule has 0 aromatic carbocycles. The molecule has 3 unspecified atom stereocenters. The zero-order valence-electron chi connectivity index (χ0n) is 10.3. The molecule has 2 nitrogen and oxygen atoms in total. The van der Waals surface area contributed by atoms with Crippen LogP contribution < -0.4 is 0 Å². The van der Waals surface area contributed by atoms with Crippen LogP contribution in [-0.4, -0.2) is 41.9 Å². The molecule has 1 aliphatic carbocycles. The summed E-state index contributed by atoms with van der Waals surface area (Å²) in [6.45, 7) is 6.79. The number of rotatable bonds is 2. The molecule has 0 aliphatic heterocycles. The molecule has 1 aliphatic rings. The van der Waals surface area contributed by atoms with Crippen molar-refractivity contribution in [1.82, 2.24) is 0 Å². The fraction of sp³-hybridized carbons (Fsp3) is 1.00. The summed E-state index contributed by atoms with van der Waals surface area (Å²) < 4.78 is 0.950. The van der Waals surface area contributed by atoms with Gasteiger partial charge in [-0.1, -0.05) is 6.92 Å². The van der Waals surface area contributed by atoms with E-state index in [4.69, 9.17) is 0 Å². The lowest BCUT2D eigenvalue weighted by atomic mass is 9.83. The third-order valence-electron chi connectivity index (χ3n) is 4.23. The van der Waals surface area contributed by atoms with Crippen LogP contribution in [0.2, 0.25) is 0 Å². The Bertz CT molecular complexity index is 189. The van der Waals surface area contributed by atoms with Crippen molar-refractivity contribution >= 4 is 0 Å². The fourth-order valence-electron chi connectivity index (χ4n) is 2.43. The van der Waals surface area contributed by atoms with E-state index in [1.807, 2.05) is 0 Å². The van der Waals surface area contributed by atoms with Crippen LogP contribution in [0.4, 0.5) is 0 Å². The second-order valence-corrected chi connectivity index (χ2v) is 5.78. The molecule has 2 heteroatoms. The molecule has 0 aromatic rings. The highest BCUT2D eigenvalue weighted by molar-refractivity contribution is 4.79. The van der Waals surface area contributed by atoms with Gasteiger partial charge in [0.05, 0.1) is 20.1 Å². The summed E-state index contributed by atoms with van der Waals surface area (Å²) >= 11 is 0. The molecule has 3 atom stereocenters. The number of nitrogens with zero attached hydrogens (tertiary/aromatic N) is 1. The molecule has 84 valence electrons. The molecular formula is C12H26NO+. The monoisotopic (exact) mass is 200 g/mol. The van der Waals surface area contributed by atoms with Crippen molar-refractivity contribution in [3.8, 4) is 0 Å². The van der Waals surface area contributed by atoms with Crippen LogP contribution in [0.5, 0.6) is 0 Å². The Hall–Kier alpha value is -0.0800. The molecule has 1 fully saturated rings. The molecule has 0 heterocycles. The number of hydrogen-bond donors (Lipinski definition) is 1. The van der Waals surface area contributed by atoms with Crippen LogP contribution in [0.3, 0.4) is 0 Å². The Labute approximate surface area is 88.5 Å². The van der Waals surface area contributed by atoms with Gasteiger partial charge in [0.25, 0.3) is 0 Å². The molecule has 1 saturated carbocycles. The quantitative estimate of drug-likeness (QED) is 0.676. The second-order valence-electron chi connectivity index (χ2n) is 5.78. The van der Waals surface area contributed by atoms with E-state index in [1.54, 1.807) is 0 Å². The highest BCUT2D eigenvalue weighted by Crippen LogP contribution is 2.31. The lowest BCUT2D eigenvalue weighted by Gasteiger charge is -2.46. The van der Waals surface area contributed by atoms with Gasteiger partial charge >= 0.3 is 0 Å². The van der Waals surface area contributed by atoms with E-state index in [0.717, 1.165) is 16.8 Å². The molecule has 0 saturated heterocycles. The zero-order chi connectivity index (χ0) is 10.9. The van der Waals surface area contributed by atoms with Gasteiger partial charge < -0.3 is 9.59 Å². The van der Waals surface area contributed by atoms with Crippen molar-refractivity contribution in [1.29, 1.82) is 0 Å². The first-order valence-corrected chi connectivity index (χ1v) is 5.87. The minimum atomic E-state index is -0.0939. The van der Waals surface area contributed by atoms with Crippen molar-refractivity contribution in [2.75, 3.05) is 14.1 Å². The first-order valence-electron chi connectivity index (χ1n) is 5.87. The van der Waals surface area contributed by atoms with Crippen molar-refractivity contribution in [3.05, 3.63) is 0 Å². The predicted molar refractivity (Wildman–Crippen MR) is 60.1 cm³/mol. The summed E-state index contributed by atoms with van der Waals surface area (Å²) in [5.74, 6) is 0.777. The lowest BCUT2D eigenvalue weighted by Crippen LogP contribution is -2.59. The maximum Gasteiger partial charge on any atom is 0.115 e. The molecular weight excluding hydrogens is 174 g/mol. The summed E-state index contributed by atoms with van der Waals surface area (Å²) in [6.07, 6.45) is 3.26. The molecule has 1 rings (SSSR count). The molecule has 0 radical (unpaired) electrons. The maximum absolute atomic E-state index is 10.1. The zero-order valence-corrected chi connectivity index (χ0v) is 10.3. The van der Waals surface area contributed by atoms with Gasteiger partial charge in [0.15, 0.2) is 0 Å². The van der Waals surface area contributed by atoms with Gasteiger partial charge in [0.2, 0.25) is 0 Å². The van der Waals surface area contributed by atoms with Gasteiger partial charge in [-0.3, -0.25) is 0 Å². The fourth-order valence-corrected chi connectivity index (χ4v) is 2.43. The number of aliphatic hydroxyl groups is 1. The molecule has 0 aromatic heterocycles. The Morgan fingerprint density at radius 3 is 2.29 bits per heavy atom. The van der Waals surface area contributed by atoms with Crippen LogP contribution in [0.25, 0.3) is 0 Å². The van der Waals surface area contributed by atoms with E-state index in [0.29, 0.717) is 12.1 Å². The first-order chi connectivity index (χ1) is 6.35. The Kier molecular flexibility index (Phi) is 3.59. The third-order valence-corrected chi connectivity index (χ3v) is 4.23. The van der Waals surface area contributed by atoms with E-state index in [9.17, 15) is 5.11 Å². The number of likely N-dealkylation sites (N-methyl/N-ethyl adjacent to an activating group) is 1. The van der Waals surface area contributed by atoms with Gasteiger partial charge in [0, 0.05) is 6.42 Å². The van der Waals surface area contributed by atoms with E-state index in [2.05, 4.69) is 34.9 Å². The van der Waals surface area contributed by atoms with Gasteiger partial charge in [-0.15, -0.1) is 0 Å². The lowest BCUT2D eigenvalue weighted by molar-refractivity contribution is -0.939. The summed E-state index contributed by atoms with van der Waals surface area (Å²) in [6, 6.07) is 1.01. The van der Waals surface area contributed by atoms with Crippen LogP contribution in [0, 0.1) is 5.92 Å². The predicted octanol–water partition coefficient (Wildman–Crippen LogP) is 2.02. The van der Waals surface area contributed by atoms with Crippen molar-refractivity contribution in [3.63, 3.8) is 0 Å². The largest absolute Gasteiger partial charge is 0.387 e. The average Bonchev–Trinajstić information content (AvgIpc) is 2.08. The number of quaternary nitrogens is 1. The van der Waals surface area contributed by atoms with Crippen molar-refractivity contribution < 1.29 is 9.59 Å². The topological polar surface area (TPSA) is 20.2 Å². The highest BCUT2D eigenvalue weighted by atomic mass is 16.3. The smallest absolute Gasteiger partial charge is 0.115 e. The van der Waals surface area contributed by atoms with Gasteiger partial charge in [-0.2, -0.15) is 0 Å². The molecule has 1 N–H and O–H groups in total.